The van der Waals surface area contributed by atoms with Gasteiger partial charge in [-0.2, -0.15) is 0 Å². The van der Waals surface area contributed by atoms with Crippen LogP contribution in [-0.4, -0.2) is 56.1 Å². The van der Waals surface area contributed by atoms with Gasteiger partial charge in [-0.15, -0.1) is 0 Å². The van der Waals surface area contributed by atoms with E-state index in [1.54, 1.807) is 25.9 Å². The Labute approximate surface area is 157 Å². The minimum absolute atomic E-state index is 0.00786. The van der Waals surface area contributed by atoms with Gasteiger partial charge in [-0.1, -0.05) is 11.6 Å². The Balaban J connectivity index is 2.60. The van der Waals surface area contributed by atoms with Crippen LogP contribution < -0.4 is 0 Å². The molecule has 0 amide bonds. The number of allylic oxidation sites excluding steroid dienone is 1. The average Bonchev–Trinajstić information content (AvgIpc) is 2.56. The standard InChI is InChI=1S/C17H19ClN2O5S/c1-4-25-17(22)16-14(11-19(2)3)15(21)9-10-20(16)26(23,24)13-7-5-12(18)6-8-13/h5-11,16H,4H2,1-3H3/b14-11+. The van der Waals surface area contributed by atoms with Crippen molar-refractivity contribution in [3.63, 3.8) is 0 Å². The Hall–Kier alpha value is -2.32. The molecule has 140 valence electrons. The maximum Gasteiger partial charge on any atom is 0.334 e. The maximum absolute atomic E-state index is 13.0. The first kappa shape index (κ1) is 20.0. The van der Waals surface area contributed by atoms with Crippen molar-refractivity contribution in [3.8, 4) is 0 Å². The fraction of sp³-hybridized carbons (Fsp3) is 0.294. The first-order valence-corrected chi connectivity index (χ1v) is 9.56. The molecule has 0 bridgehead atoms. The van der Waals surface area contributed by atoms with E-state index in [4.69, 9.17) is 16.3 Å². The number of hydrogen-bond donors (Lipinski definition) is 0. The van der Waals surface area contributed by atoms with Crippen LogP contribution >= 0.6 is 11.6 Å². The van der Waals surface area contributed by atoms with Gasteiger partial charge >= 0.3 is 5.97 Å². The van der Waals surface area contributed by atoms with Gasteiger partial charge in [-0.25, -0.2) is 13.2 Å². The van der Waals surface area contributed by atoms with E-state index in [2.05, 4.69) is 0 Å². The summed E-state index contributed by atoms with van der Waals surface area (Å²) in [6.07, 6.45) is 3.61. The van der Waals surface area contributed by atoms with Crippen LogP contribution in [0.1, 0.15) is 6.92 Å². The number of halogens is 1. The van der Waals surface area contributed by atoms with Gasteiger partial charge in [0.05, 0.1) is 17.1 Å². The number of ether oxygens (including phenoxy) is 1. The minimum atomic E-state index is -4.11. The molecule has 0 saturated heterocycles. The number of rotatable bonds is 5. The molecule has 0 aromatic heterocycles. The zero-order chi connectivity index (χ0) is 19.5. The third-order valence-corrected chi connectivity index (χ3v) is 5.51. The highest BCUT2D eigenvalue weighted by molar-refractivity contribution is 7.89. The Morgan fingerprint density at radius 3 is 2.46 bits per heavy atom. The van der Waals surface area contributed by atoms with E-state index in [-0.39, 0.29) is 17.1 Å². The van der Waals surface area contributed by atoms with E-state index in [0.29, 0.717) is 5.02 Å². The second-order valence-corrected chi connectivity index (χ2v) is 7.95. The number of benzene rings is 1. The quantitative estimate of drug-likeness (QED) is 0.555. The molecule has 26 heavy (non-hydrogen) atoms. The predicted octanol–water partition coefficient (Wildman–Crippen LogP) is 1.80. The molecule has 1 aliphatic heterocycles. The summed E-state index contributed by atoms with van der Waals surface area (Å²) >= 11 is 5.81. The molecule has 0 saturated carbocycles. The third kappa shape index (κ3) is 4.08. The number of sulfonamides is 1. The number of hydrogen-bond acceptors (Lipinski definition) is 6. The first-order valence-electron chi connectivity index (χ1n) is 7.75. The molecule has 0 spiro atoms. The number of carbonyl (C=O) groups excluding carboxylic acids is 2. The number of nitrogens with zero attached hydrogens (tertiary/aromatic N) is 2. The van der Waals surface area contributed by atoms with E-state index >= 15 is 0 Å². The van der Waals surface area contributed by atoms with Crippen molar-refractivity contribution in [3.05, 3.63) is 53.3 Å². The lowest BCUT2D eigenvalue weighted by Crippen LogP contribution is -2.47. The SMILES string of the molecule is CCOC(=O)C1/C(=C/N(C)C)C(=O)C=CN1S(=O)(=O)c1ccc(Cl)cc1. The summed E-state index contributed by atoms with van der Waals surface area (Å²) in [5.41, 5.74) is 0.00786. The number of carbonyl (C=O) groups is 2. The summed E-state index contributed by atoms with van der Waals surface area (Å²) in [6, 6.07) is 4.13. The van der Waals surface area contributed by atoms with Crippen molar-refractivity contribution in [2.24, 2.45) is 0 Å². The zero-order valence-corrected chi connectivity index (χ0v) is 16.1. The number of esters is 1. The molecule has 0 aliphatic carbocycles. The lowest BCUT2D eigenvalue weighted by molar-refractivity contribution is -0.146. The highest BCUT2D eigenvalue weighted by Crippen LogP contribution is 2.28. The summed E-state index contributed by atoms with van der Waals surface area (Å²) in [5.74, 6) is -1.28. The van der Waals surface area contributed by atoms with Gasteiger partial charge in [-0.3, -0.25) is 9.10 Å². The molecule has 0 fully saturated rings. The van der Waals surface area contributed by atoms with Crippen LogP contribution in [0.3, 0.4) is 0 Å². The Kier molecular flexibility index (Phi) is 6.09. The molecule has 9 heteroatoms. The lowest BCUT2D eigenvalue weighted by Gasteiger charge is -2.32. The Bertz CT molecular complexity index is 860. The smallest absolute Gasteiger partial charge is 0.334 e. The predicted molar refractivity (Wildman–Crippen MR) is 96.8 cm³/mol. The van der Waals surface area contributed by atoms with E-state index in [1.807, 2.05) is 0 Å². The van der Waals surface area contributed by atoms with Gasteiger partial charge in [0.25, 0.3) is 10.0 Å². The average molecular weight is 399 g/mol. The Morgan fingerprint density at radius 1 is 1.31 bits per heavy atom. The van der Waals surface area contributed by atoms with Crippen molar-refractivity contribution in [2.75, 3.05) is 20.7 Å². The molecule has 0 N–H and O–H groups in total. The fourth-order valence-electron chi connectivity index (χ4n) is 2.41. The van der Waals surface area contributed by atoms with Gasteiger partial charge in [0, 0.05) is 37.6 Å². The molecule has 1 unspecified atom stereocenters. The number of ketones is 1. The molecule has 2 rings (SSSR count). The normalized spacial score (nSPS) is 18.9. The van der Waals surface area contributed by atoms with E-state index < -0.39 is 27.8 Å². The van der Waals surface area contributed by atoms with Gasteiger partial charge in [0.2, 0.25) is 0 Å². The van der Waals surface area contributed by atoms with Crippen LogP contribution in [-0.2, 0) is 24.3 Å². The summed E-state index contributed by atoms with van der Waals surface area (Å²) in [5, 5.41) is 0.378. The second-order valence-electron chi connectivity index (χ2n) is 5.67. The van der Waals surface area contributed by atoms with Crippen LogP contribution in [0.4, 0.5) is 0 Å². The van der Waals surface area contributed by atoms with Crippen molar-refractivity contribution < 1.29 is 22.7 Å². The van der Waals surface area contributed by atoms with Crippen molar-refractivity contribution in [1.29, 1.82) is 0 Å². The summed E-state index contributed by atoms with van der Waals surface area (Å²) in [7, 11) is -0.777. The second kappa shape index (κ2) is 7.92. The molecule has 1 heterocycles. The first-order chi connectivity index (χ1) is 12.2. The summed E-state index contributed by atoms with van der Waals surface area (Å²) in [6.45, 7) is 1.66. The molecular formula is C17H19ClN2O5S. The topological polar surface area (TPSA) is 84.0 Å². The molecule has 1 atom stereocenters. The van der Waals surface area contributed by atoms with E-state index in [1.165, 1.54) is 30.5 Å². The molecular weight excluding hydrogens is 380 g/mol. The highest BCUT2D eigenvalue weighted by atomic mass is 35.5. The van der Waals surface area contributed by atoms with Crippen LogP contribution in [0, 0.1) is 0 Å². The lowest BCUT2D eigenvalue weighted by atomic mass is 10.0. The van der Waals surface area contributed by atoms with Crippen molar-refractivity contribution >= 4 is 33.4 Å². The molecule has 1 aromatic carbocycles. The molecule has 1 aliphatic rings. The van der Waals surface area contributed by atoms with E-state index in [0.717, 1.165) is 16.6 Å². The maximum atomic E-state index is 13.0. The zero-order valence-electron chi connectivity index (χ0n) is 14.5. The Morgan fingerprint density at radius 2 is 1.92 bits per heavy atom. The highest BCUT2D eigenvalue weighted by Gasteiger charge is 2.41. The minimum Gasteiger partial charge on any atom is -0.464 e. The van der Waals surface area contributed by atoms with Crippen LogP contribution in [0.25, 0.3) is 0 Å². The third-order valence-electron chi connectivity index (χ3n) is 3.50. The van der Waals surface area contributed by atoms with Crippen molar-refractivity contribution in [2.45, 2.75) is 17.9 Å². The van der Waals surface area contributed by atoms with Gasteiger partial charge in [0.15, 0.2) is 11.8 Å². The largest absolute Gasteiger partial charge is 0.464 e. The summed E-state index contributed by atoms with van der Waals surface area (Å²) < 4.78 is 31.9. The van der Waals surface area contributed by atoms with Crippen LogP contribution in [0.15, 0.2) is 53.2 Å². The molecule has 1 aromatic rings. The molecule has 7 nitrogen and oxygen atoms in total. The van der Waals surface area contributed by atoms with Crippen LogP contribution in [0.2, 0.25) is 5.02 Å². The van der Waals surface area contributed by atoms with Gasteiger partial charge in [-0.05, 0) is 31.2 Å². The monoisotopic (exact) mass is 398 g/mol. The van der Waals surface area contributed by atoms with Gasteiger partial charge in [0.1, 0.15) is 0 Å². The fourth-order valence-corrected chi connectivity index (χ4v) is 3.95. The van der Waals surface area contributed by atoms with E-state index in [9.17, 15) is 18.0 Å². The molecule has 0 radical (unpaired) electrons. The van der Waals surface area contributed by atoms with Crippen molar-refractivity contribution in [1.82, 2.24) is 9.21 Å². The summed E-state index contributed by atoms with van der Waals surface area (Å²) in [4.78, 5) is 26.3. The van der Waals surface area contributed by atoms with Gasteiger partial charge < -0.3 is 9.64 Å². The van der Waals surface area contributed by atoms with Crippen LogP contribution in [0.5, 0.6) is 0 Å².